The highest BCUT2D eigenvalue weighted by atomic mass is 16.5. The summed E-state index contributed by atoms with van der Waals surface area (Å²) < 4.78 is 10.9. The number of hydrogen-bond acceptors (Lipinski definition) is 5. The van der Waals surface area contributed by atoms with Gasteiger partial charge >= 0.3 is 0 Å². The van der Waals surface area contributed by atoms with Crippen LogP contribution in [0.3, 0.4) is 0 Å². The maximum Gasteiger partial charge on any atom is 0.215 e. The fourth-order valence-corrected chi connectivity index (χ4v) is 3.15. The van der Waals surface area contributed by atoms with Crippen LogP contribution in [0.4, 0.5) is 5.82 Å². The van der Waals surface area contributed by atoms with Crippen molar-refractivity contribution < 1.29 is 9.47 Å². The highest BCUT2D eigenvalue weighted by Gasteiger charge is 2.27. The van der Waals surface area contributed by atoms with E-state index >= 15 is 0 Å². The zero-order valence-electron chi connectivity index (χ0n) is 12.8. The van der Waals surface area contributed by atoms with E-state index in [1.54, 1.807) is 0 Å². The minimum Gasteiger partial charge on any atom is -0.478 e. The van der Waals surface area contributed by atoms with Crippen LogP contribution in [-0.4, -0.2) is 54.9 Å². The molecule has 3 rings (SSSR count). The van der Waals surface area contributed by atoms with Crippen molar-refractivity contribution in [2.24, 2.45) is 0 Å². The summed E-state index contributed by atoms with van der Waals surface area (Å²) in [5.41, 5.74) is 0. The van der Waals surface area contributed by atoms with E-state index in [2.05, 4.69) is 15.2 Å². The quantitative estimate of drug-likeness (QED) is 0.900. The average Bonchev–Trinajstić information content (AvgIpc) is 3.03. The molecule has 0 spiro atoms. The van der Waals surface area contributed by atoms with Crippen LogP contribution in [0.2, 0.25) is 0 Å². The van der Waals surface area contributed by atoms with Crippen LogP contribution >= 0.6 is 0 Å². The predicted molar refractivity (Wildman–Crippen MR) is 82.8 cm³/mol. The van der Waals surface area contributed by atoms with Crippen LogP contribution in [0.15, 0.2) is 18.2 Å². The molecule has 1 unspecified atom stereocenters. The Morgan fingerprint density at radius 2 is 2.19 bits per heavy atom. The van der Waals surface area contributed by atoms with Crippen molar-refractivity contribution in [2.45, 2.75) is 38.3 Å². The van der Waals surface area contributed by atoms with Gasteiger partial charge in [-0.15, -0.1) is 0 Å². The number of pyridine rings is 1. The molecule has 2 aliphatic heterocycles. The van der Waals surface area contributed by atoms with Gasteiger partial charge in [-0.1, -0.05) is 6.07 Å². The van der Waals surface area contributed by atoms with Gasteiger partial charge < -0.3 is 14.8 Å². The molecule has 5 heteroatoms. The molecule has 2 saturated heterocycles. The largest absolute Gasteiger partial charge is 0.478 e. The summed E-state index contributed by atoms with van der Waals surface area (Å²) in [5, 5.41) is 3.54. The number of ether oxygens (including phenoxy) is 2. The van der Waals surface area contributed by atoms with Gasteiger partial charge in [0.1, 0.15) is 5.82 Å². The first kappa shape index (κ1) is 14.6. The first-order valence-corrected chi connectivity index (χ1v) is 8.03. The van der Waals surface area contributed by atoms with Gasteiger partial charge in [-0.05, 0) is 32.3 Å². The smallest absolute Gasteiger partial charge is 0.215 e. The molecular formula is C16H25N3O2. The van der Waals surface area contributed by atoms with E-state index in [-0.39, 0.29) is 0 Å². The van der Waals surface area contributed by atoms with E-state index in [9.17, 15) is 0 Å². The summed E-state index contributed by atoms with van der Waals surface area (Å²) in [5.74, 6) is 1.62. The van der Waals surface area contributed by atoms with Gasteiger partial charge in [0.05, 0.1) is 13.2 Å². The molecule has 2 aliphatic rings. The molecule has 21 heavy (non-hydrogen) atoms. The molecule has 1 aromatic heterocycles. The van der Waals surface area contributed by atoms with Gasteiger partial charge in [-0.3, -0.25) is 4.90 Å². The maximum absolute atomic E-state index is 5.49. The third-order valence-corrected chi connectivity index (χ3v) is 4.32. The first-order valence-electron chi connectivity index (χ1n) is 8.03. The SMILES string of the molecule is CCOc1cccc(NC2CCN(C3CCOC3)CC2)n1. The summed E-state index contributed by atoms with van der Waals surface area (Å²) in [6, 6.07) is 7.06. The lowest BCUT2D eigenvalue weighted by Gasteiger charge is -2.35. The fourth-order valence-electron chi connectivity index (χ4n) is 3.15. The maximum atomic E-state index is 5.49. The topological polar surface area (TPSA) is 46.6 Å². The Kier molecular flexibility index (Phi) is 4.93. The Morgan fingerprint density at radius 3 is 2.90 bits per heavy atom. The molecular weight excluding hydrogens is 266 g/mol. The van der Waals surface area contributed by atoms with Crippen LogP contribution in [0, 0.1) is 0 Å². The number of nitrogens with one attached hydrogen (secondary N) is 1. The van der Waals surface area contributed by atoms with Crippen molar-refractivity contribution in [1.82, 2.24) is 9.88 Å². The standard InChI is InChI=1S/C16H25N3O2/c1-2-21-16-5-3-4-15(18-16)17-13-6-9-19(10-7-13)14-8-11-20-12-14/h3-5,13-14H,2,6-12H2,1H3,(H,17,18). The third-order valence-electron chi connectivity index (χ3n) is 4.32. The summed E-state index contributed by atoms with van der Waals surface area (Å²) >= 11 is 0. The second kappa shape index (κ2) is 7.09. The second-order valence-corrected chi connectivity index (χ2v) is 5.77. The molecule has 5 nitrogen and oxygen atoms in total. The van der Waals surface area contributed by atoms with Crippen molar-refractivity contribution in [3.05, 3.63) is 18.2 Å². The summed E-state index contributed by atoms with van der Waals surface area (Å²) in [4.78, 5) is 7.06. The lowest BCUT2D eigenvalue weighted by molar-refractivity contribution is 0.124. The molecule has 3 heterocycles. The van der Waals surface area contributed by atoms with E-state index in [1.165, 1.54) is 6.42 Å². The van der Waals surface area contributed by atoms with Crippen molar-refractivity contribution in [2.75, 3.05) is 38.2 Å². The van der Waals surface area contributed by atoms with Gasteiger partial charge in [-0.25, -0.2) is 0 Å². The van der Waals surface area contributed by atoms with Crippen molar-refractivity contribution in [3.63, 3.8) is 0 Å². The molecule has 0 aromatic carbocycles. The number of piperidine rings is 1. The summed E-state index contributed by atoms with van der Waals surface area (Å²) in [7, 11) is 0. The molecule has 0 aliphatic carbocycles. The summed E-state index contributed by atoms with van der Waals surface area (Å²) in [6.45, 7) is 6.77. The second-order valence-electron chi connectivity index (χ2n) is 5.77. The highest BCUT2D eigenvalue weighted by Crippen LogP contribution is 2.21. The van der Waals surface area contributed by atoms with E-state index in [4.69, 9.17) is 9.47 Å². The van der Waals surface area contributed by atoms with E-state index < -0.39 is 0 Å². The Labute approximate surface area is 126 Å². The lowest BCUT2D eigenvalue weighted by atomic mass is 10.0. The normalized spacial score (nSPS) is 24.1. The van der Waals surface area contributed by atoms with E-state index in [0.29, 0.717) is 24.6 Å². The average molecular weight is 291 g/mol. The van der Waals surface area contributed by atoms with Gasteiger partial charge in [-0.2, -0.15) is 4.98 Å². The molecule has 2 fully saturated rings. The van der Waals surface area contributed by atoms with E-state index in [0.717, 1.165) is 45.0 Å². The van der Waals surface area contributed by atoms with Crippen LogP contribution in [-0.2, 0) is 4.74 Å². The Morgan fingerprint density at radius 1 is 1.33 bits per heavy atom. The Hall–Kier alpha value is -1.33. The highest BCUT2D eigenvalue weighted by molar-refractivity contribution is 5.38. The molecule has 116 valence electrons. The Balaban J connectivity index is 1.49. The van der Waals surface area contributed by atoms with Crippen molar-refractivity contribution in [1.29, 1.82) is 0 Å². The van der Waals surface area contributed by atoms with Gasteiger partial charge in [0.25, 0.3) is 0 Å². The molecule has 0 bridgehead atoms. The van der Waals surface area contributed by atoms with Crippen LogP contribution in [0.1, 0.15) is 26.2 Å². The minimum absolute atomic E-state index is 0.507. The van der Waals surface area contributed by atoms with Crippen LogP contribution < -0.4 is 10.1 Å². The zero-order chi connectivity index (χ0) is 14.5. The monoisotopic (exact) mass is 291 g/mol. The molecule has 0 amide bonds. The molecule has 0 radical (unpaired) electrons. The Bertz CT molecular complexity index is 441. The van der Waals surface area contributed by atoms with Gasteiger partial charge in [0.15, 0.2) is 0 Å². The predicted octanol–water partition coefficient (Wildman–Crippen LogP) is 2.15. The number of anilines is 1. The minimum atomic E-state index is 0.507. The van der Waals surface area contributed by atoms with Crippen LogP contribution in [0.5, 0.6) is 5.88 Å². The lowest BCUT2D eigenvalue weighted by Crippen LogP contribution is -2.44. The number of nitrogens with zero attached hydrogens (tertiary/aromatic N) is 2. The molecule has 1 aromatic rings. The number of rotatable bonds is 5. The van der Waals surface area contributed by atoms with E-state index in [1.807, 2.05) is 25.1 Å². The van der Waals surface area contributed by atoms with Crippen LogP contribution in [0.25, 0.3) is 0 Å². The first-order chi connectivity index (χ1) is 10.3. The van der Waals surface area contributed by atoms with Crippen molar-refractivity contribution in [3.8, 4) is 5.88 Å². The number of aromatic nitrogens is 1. The van der Waals surface area contributed by atoms with Crippen molar-refractivity contribution >= 4 is 5.82 Å². The number of likely N-dealkylation sites (tertiary alicyclic amines) is 1. The zero-order valence-corrected chi connectivity index (χ0v) is 12.8. The van der Waals surface area contributed by atoms with Gasteiger partial charge in [0, 0.05) is 37.8 Å². The third kappa shape index (κ3) is 3.86. The number of hydrogen-bond donors (Lipinski definition) is 1. The summed E-state index contributed by atoms with van der Waals surface area (Å²) in [6.07, 6.45) is 3.52. The molecule has 0 saturated carbocycles. The van der Waals surface area contributed by atoms with Gasteiger partial charge in [0.2, 0.25) is 5.88 Å². The molecule has 1 N–H and O–H groups in total. The fraction of sp³-hybridized carbons (Fsp3) is 0.688. The molecule has 1 atom stereocenters.